The van der Waals surface area contributed by atoms with Crippen LogP contribution in [0.2, 0.25) is 0 Å². The standard InChI is InChI=1S/C13H16N4/c1-3-4-11-12(10-5-7-15-8-6-10)16-9-17-13(11)14-2/h5-9H,3-4H2,1-2H3,(H,14,16,17). The van der Waals surface area contributed by atoms with E-state index in [-0.39, 0.29) is 0 Å². The monoisotopic (exact) mass is 228 g/mol. The molecular weight excluding hydrogens is 212 g/mol. The van der Waals surface area contributed by atoms with Gasteiger partial charge in [-0.15, -0.1) is 0 Å². The second kappa shape index (κ2) is 5.39. The molecule has 0 amide bonds. The van der Waals surface area contributed by atoms with Gasteiger partial charge in [-0.1, -0.05) is 13.3 Å². The highest BCUT2D eigenvalue weighted by molar-refractivity contribution is 5.67. The highest BCUT2D eigenvalue weighted by atomic mass is 15.0. The number of pyridine rings is 1. The summed E-state index contributed by atoms with van der Waals surface area (Å²) in [4.78, 5) is 12.7. The van der Waals surface area contributed by atoms with Crippen molar-refractivity contribution >= 4 is 5.82 Å². The SMILES string of the molecule is CCCc1c(NC)ncnc1-c1ccncc1. The molecule has 0 atom stereocenters. The summed E-state index contributed by atoms with van der Waals surface area (Å²) in [5, 5.41) is 3.12. The maximum atomic E-state index is 4.40. The topological polar surface area (TPSA) is 50.7 Å². The lowest BCUT2D eigenvalue weighted by Gasteiger charge is -2.11. The Kier molecular flexibility index (Phi) is 3.65. The lowest BCUT2D eigenvalue weighted by atomic mass is 10.0. The van der Waals surface area contributed by atoms with Crippen LogP contribution in [0.5, 0.6) is 0 Å². The molecule has 17 heavy (non-hydrogen) atoms. The van der Waals surface area contributed by atoms with E-state index < -0.39 is 0 Å². The minimum atomic E-state index is 0.911. The van der Waals surface area contributed by atoms with E-state index in [9.17, 15) is 0 Å². The van der Waals surface area contributed by atoms with Crippen molar-refractivity contribution in [1.29, 1.82) is 0 Å². The average molecular weight is 228 g/mol. The van der Waals surface area contributed by atoms with Gasteiger partial charge in [0.2, 0.25) is 0 Å². The fourth-order valence-electron chi connectivity index (χ4n) is 1.87. The van der Waals surface area contributed by atoms with Gasteiger partial charge in [0.05, 0.1) is 5.69 Å². The van der Waals surface area contributed by atoms with Gasteiger partial charge in [-0.25, -0.2) is 9.97 Å². The first-order valence-corrected chi connectivity index (χ1v) is 5.78. The second-order valence-electron chi connectivity index (χ2n) is 3.79. The van der Waals surface area contributed by atoms with Crippen molar-refractivity contribution in [3.05, 3.63) is 36.4 Å². The highest BCUT2D eigenvalue weighted by Crippen LogP contribution is 2.25. The number of rotatable bonds is 4. The fraction of sp³-hybridized carbons (Fsp3) is 0.308. The van der Waals surface area contributed by atoms with Crippen LogP contribution in [0.25, 0.3) is 11.3 Å². The van der Waals surface area contributed by atoms with E-state index in [1.165, 1.54) is 5.56 Å². The number of anilines is 1. The Bertz CT molecular complexity index is 482. The van der Waals surface area contributed by atoms with Crippen LogP contribution in [0.4, 0.5) is 5.82 Å². The molecule has 0 bridgehead atoms. The van der Waals surface area contributed by atoms with Gasteiger partial charge in [-0.05, 0) is 18.6 Å². The third-order valence-corrected chi connectivity index (χ3v) is 2.64. The predicted molar refractivity (Wildman–Crippen MR) is 68.8 cm³/mol. The number of nitrogens with one attached hydrogen (secondary N) is 1. The lowest BCUT2D eigenvalue weighted by Crippen LogP contribution is -2.03. The molecule has 0 saturated carbocycles. The van der Waals surface area contributed by atoms with E-state index in [1.807, 2.05) is 19.2 Å². The van der Waals surface area contributed by atoms with Crippen LogP contribution in [-0.2, 0) is 6.42 Å². The van der Waals surface area contributed by atoms with Crippen LogP contribution in [-0.4, -0.2) is 22.0 Å². The molecule has 0 fully saturated rings. The maximum Gasteiger partial charge on any atom is 0.132 e. The maximum absolute atomic E-state index is 4.40. The van der Waals surface area contributed by atoms with E-state index in [2.05, 4.69) is 27.2 Å². The average Bonchev–Trinajstić information content (AvgIpc) is 2.40. The van der Waals surface area contributed by atoms with Crippen LogP contribution in [0.15, 0.2) is 30.9 Å². The number of hydrogen-bond acceptors (Lipinski definition) is 4. The van der Waals surface area contributed by atoms with Crippen molar-refractivity contribution in [2.45, 2.75) is 19.8 Å². The highest BCUT2D eigenvalue weighted by Gasteiger charge is 2.10. The zero-order valence-corrected chi connectivity index (χ0v) is 10.1. The Morgan fingerprint density at radius 3 is 2.59 bits per heavy atom. The third-order valence-electron chi connectivity index (χ3n) is 2.64. The molecule has 4 nitrogen and oxygen atoms in total. The van der Waals surface area contributed by atoms with E-state index in [0.29, 0.717) is 0 Å². The molecule has 0 aliphatic heterocycles. The van der Waals surface area contributed by atoms with E-state index in [1.54, 1.807) is 18.7 Å². The van der Waals surface area contributed by atoms with Gasteiger partial charge >= 0.3 is 0 Å². The van der Waals surface area contributed by atoms with Gasteiger partial charge in [0, 0.05) is 30.6 Å². The first-order valence-electron chi connectivity index (χ1n) is 5.78. The van der Waals surface area contributed by atoms with Crippen LogP contribution >= 0.6 is 0 Å². The Hall–Kier alpha value is -1.97. The molecule has 4 heteroatoms. The summed E-state index contributed by atoms with van der Waals surface area (Å²) in [6.07, 6.45) is 7.20. The molecular formula is C13H16N4. The Morgan fingerprint density at radius 1 is 1.18 bits per heavy atom. The largest absolute Gasteiger partial charge is 0.373 e. The number of nitrogens with zero attached hydrogens (tertiary/aromatic N) is 3. The molecule has 2 rings (SSSR count). The van der Waals surface area contributed by atoms with Gasteiger partial charge in [0.1, 0.15) is 12.1 Å². The summed E-state index contributed by atoms with van der Waals surface area (Å²) in [6, 6.07) is 3.95. The molecule has 0 radical (unpaired) electrons. The quantitative estimate of drug-likeness (QED) is 0.873. The predicted octanol–water partition coefficient (Wildman–Crippen LogP) is 2.53. The molecule has 0 spiro atoms. The van der Waals surface area contributed by atoms with Crippen molar-refractivity contribution < 1.29 is 0 Å². The van der Waals surface area contributed by atoms with Crippen molar-refractivity contribution in [3.8, 4) is 11.3 Å². The van der Waals surface area contributed by atoms with Crippen molar-refractivity contribution in [2.75, 3.05) is 12.4 Å². The molecule has 2 heterocycles. The van der Waals surface area contributed by atoms with E-state index >= 15 is 0 Å². The number of hydrogen-bond donors (Lipinski definition) is 1. The Balaban J connectivity index is 2.53. The summed E-state index contributed by atoms with van der Waals surface area (Å²) in [5.41, 5.74) is 3.25. The molecule has 0 aromatic carbocycles. The second-order valence-corrected chi connectivity index (χ2v) is 3.79. The van der Waals surface area contributed by atoms with Crippen LogP contribution in [0.3, 0.4) is 0 Å². The van der Waals surface area contributed by atoms with Gasteiger partial charge in [0.25, 0.3) is 0 Å². The van der Waals surface area contributed by atoms with E-state index in [4.69, 9.17) is 0 Å². The Morgan fingerprint density at radius 2 is 1.94 bits per heavy atom. The first-order chi connectivity index (χ1) is 8.36. The third kappa shape index (κ3) is 2.41. The molecule has 0 saturated heterocycles. The van der Waals surface area contributed by atoms with Crippen LogP contribution in [0, 0.1) is 0 Å². The van der Waals surface area contributed by atoms with Gasteiger partial charge in [0.15, 0.2) is 0 Å². The lowest BCUT2D eigenvalue weighted by molar-refractivity contribution is 0.905. The first kappa shape index (κ1) is 11.5. The summed E-state index contributed by atoms with van der Waals surface area (Å²) in [7, 11) is 1.89. The summed E-state index contributed by atoms with van der Waals surface area (Å²) >= 11 is 0. The summed E-state index contributed by atoms with van der Waals surface area (Å²) < 4.78 is 0. The summed E-state index contributed by atoms with van der Waals surface area (Å²) in [5.74, 6) is 0.911. The molecule has 88 valence electrons. The molecule has 2 aromatic rings. The molecule has 2 aromatic heterocycles. The Labute approximate surface area is 101 Å². The van der Waals surface area contributed by atoms with Crippen molar-refractivity contribution in [3.63, 3.8) is 0 Å². The summed E-state index contributed by atoms with van der Waals surface area (Å²) in [6.45, 7) is 2.16. The molecule has 0 unspecified atom stereocenters. The van der Waals surface area contributed by atoms with Crippen molar-refractivity contribution in [1.82, 2.24) is 15.0 Å². The van der Waals surface area contributed by atoms with Gasteiger partial charge in [-0.2, -0.15) is 0 Å². The van der Waals surface area contributed by atoms with Gasteiger partial charge < -0.3 is 5.32 Å². The van der Waals surface area contributed by atoms with E-state index in [0.717, 1.165) is 29.9 Å². The van der Waals surface area contributed by atoms with Crippen molar-refractivity contribution in [2.24, 2.45) is 0 Å². The molecule has 1 N–H and O–H groups in total. The minimum absolute atomic E-state index is 0.911. The van der Waals surface area contributed by atoms with Gasteiger partial charge in [-0.3, -0.25) is 4.98 Å². The zero-order chi connectivity index (χ0) is 12.1. The zero-order valence-electron chi connectivity index (χ0n) is 10.1. The smallest absolute Gasteiger partial charge is 0.132 e. The minimum Gasteiger partial charge on any atom is -0.373 e. The van der Waals surface area contributed by atoms with Crippen LogP contribution in [0.1, 0.15) is 18.9 Å². The normalized spacial score (nSPS) is 10.2. The molecule has 0 aliphatic rings. The molecule has 0 aliphatic carbocycles. The number of aromatic nitrogens is 3. The van der Waals surface area contributed by atoms with Crippen LogP contribution < -0.4 is 5.32 Å². The fourth-order valence-corrected chi connectivity index (χ4v) is 1.87.